The summed E-state index contributed by atoms with van der Waals surface area (Å²) in [6, 6.07) is 0.577. The van der Waals surface area contributed by atoms with E-state index in [2.05, 4.69) is 21.5 Å². The molecule has 9 nitrogen and oxygen atoms in total. The third kappa shape index (κ3) is 2.81. The Kier molecular flexibility index (Phi) is 4.08. The van der Waals surface area contributed by atoms with E-state index in [9.17, 15) is 9.18 Å². The minimum atomic E-state index is -0.610. The minimum absolute atomic E-state index is 0.0222. The summed E-state index contributed by atoms with van der Waals surface area (Å²) in [6.45, 7) is -0.274. The van der Waals surface area contributed by atoms with Gasteiger partial charge in [-0.25, -0.2) is 14.2 Å². The molecular weight excluding hydrogens is 269 g/mol. The predicted molar refractivity (Wildman–Crippen MR) is 67.3 cm³/mol. The van der Waals surface area contributed by atoms with E-state index in [1.54, 1.807) is 0 Å². The first-order valence-corrected chi connectivity index (χ1v) is 5.47. The Morgan fingerprint density at radius 1 is 1.65 bits per heavy atom. The third-order valence-electron chi connectivity index (χ3n) is 2.35. The van der Waals surface area contributed by atoms with E-state index in [-0.39, 0.29) is 23.9 Å². The van der Waals surface area contributed by atoms with Gasteiger partial charge in [-0.2, -0.15) is 5.01 Å². The lowest BCUT2D eigenvalue weighted by Gasteiger charge is -2.16. The second kappa shape index (κ2) is 5.95. The molecule has 1 aliphatic rings. The zero-order valence-corrected chi connectivity index (χ0v) is 10.2. The highest BCUT2D eigenvalue weighted by Gasteiger charge is 2.26. The van der Waals surface area contributed by atoms with Crippen LogP contribution < -0.4 is 27.2 Å². The van der Waals surface area contributed by atoms with Gasteiger partial charge < -0.3 is 10.5 Å². The van der Waals surface area contributed by atoms with Crippen LogP contribution in [0.2, 0.25) is 0 Å². The second-order valence-electron chi connectivity index (χ2n) is 3.61. The number of carbonyl (C=O) groups excluding carboxylic acids is 1. The van der Waals surface area contributed by atoms with Crippen molar-refractivity contribution in [3.63, 3.8) is 0 Å². The fourth-order valence-corrected chi connectivity index (χ4v) is 1.46. The molecule has 1 aromatic rings. The lowest BCUT2D eigenvalue weighted by Crippen LogP contribution is -2.39. The summed E-state index contributed by atoms with van der Waals surface area (Å²) in [5.41, 5.74) is 12.2. The van der Waals surface area contributed by atoms with E-state index in [1.165, 1.54) is 12.3 Å². The molecule has 0 spiro atoms. The average Bonchev–Trinajstić information content (AvgIpc) is 2.83. The SMILES string of the molecule is N=C(/C=C\N)OCc1c(F)ccnc1N1NNNC1=O. The molecule has 106 valence electrons. The van der Waals surface area contributed by atoms with E-state index in [0.717, 1.165) is 17.3 Å². The quantitative estimate of drug-likeness (QED) is 0.379. The van der Waals surface area contributed by atoms with Crippen LogP contribution in [0.1, 0.15) is 5.56 Å². The van der Waals surface area contributed by atoms with Crippen LogP contribution in [0.25, 0.3) is 0 Å². The molecular formula is C10H12FN7O2. The number of hydrazine groups is 3. The molecule has 2 heterocycles. The molecule has 2 rings (SSSR count). The first-order valence-electron chi connectivity index (χ1n) is 5.47. The van der Waals surface area contributed by atoms with Crippen LogP contribution in [-0.4, -0.2) is 16.9 Å². The number of anilines is 1. The summed E-state index contributed by atoms with van der Waals surface area (Å²) in [6.07, 6.45) is 3.55. The average molecular weight is 281 g/mol. The number of amides is 2. The van der Waals surface area contributed by atoms with Gasteiger partial charge in [0.05, 0.1) is 5.56 Å². The van der Waals surface area contributed by atoms with E-state index < -0.39 is 11.8 Å². The van der Waals surface area contributed by atoms with Crippen LogP contribution in [-0.2, 0) is 11.3 Å². The third-order valence-corrected chi connectivity index (χ3v) is 2.35. The van der Waals surface area contributed by atoms with Gasteiger partial charge in [0.1, 0.15) is 12.4 Å². The van der Waals surface area contributed by atoms with Gasteiger partial charge in [-0.15, -0.1) is 11.1 Å². The maximum absolute atomic E-state index is 13.8. The number of carbonyl (C=O) groups is 1. The number of hydrogen-bond acceptors (Lipinski definition) is 7. The number of pyridine rings is 1. The van der Waals surface area contributed by atoms with Gasteiger partial charge in [0.2, 0.25) is 5.90 Å². The fraction of sp³-hybridized carbons (Fsp3) is 0.100. The molecule has 1 fully saturated rings. The summed E-state index contributed by atoms with van der Waals surface area (Å²) in [4.78, 5) is 15.4. The number of hydrogen-bond donors (Lipinski definition) is 5. The van der Waals surface area contributed by atoms with Crippen LogP contribution >= 0.6 is 0 Å². The summed E-state index contributed by atoms with van der Waals surface area (Å²) in [5, 5.41) is 8.35. The highest BCUT2D eigenvalue weighted by molar-refractivity contribution is 5.91. The molecule has 0 bridgehead atoms. The molecule has 1 aliphatic heterocycles. The number of nitrogens with zero attached hydrogens (tertiary/aromatic N) is 2. The molecule has 1 saturated heterocycles. The van der Waals surface area contributed by atoms with Crippen LogP contribution in [0.4, 0.5) is 15.0 Å². The van der Waals surface area contributed by atoms with Gasteiger partial charge in [0.25, 0.3) is 0 Å². The largest absolute Gasteiger partial charge is 0.473 e. The first kappa shape index (κ1) is 13.7. The van der Waals surface area contributed by atoms with Crippen molar-refractivity contribution in [2.45, 2.75) is 6.61 Å². The van der Waals surface area contributed by atoms with E-state index in [0.29, 0.717) is 0 Å². The standard InChI is InChI=1S/C10H12FN7O2/c11-7-2-4-14-9(18-10(19)15-16-17-18)6(7)5-20-8(13)1-3-12/h1-4,13,16-17H,5,12H2,(H,15,19)/b3-1-,13-8?. The molecule has 20 heavy (non-hydrogen) atoms. The molecule has 0 aliphatic carbocycles. The number of urea groups is 1. The Labute approximate surface area is 113 Å². The van der Waals surface area contributed by atoms with Crippen molar-refractivity contribution in [2.75, 3.05) is 5.01 Å². The second-order valence-corrected chi connectivity index (χ2v) is 3.61. The Bertz CT molecular complexity index is 563. The lowest BCUT2D eigenvalue weighted by atomic mass is 10.2. The molecule has 10 heteroatoms. The Morgan fingerprint density at radius 2 is 2.45 bits per heavy atom. The van der Waals surface area contributed by atoms with Gasteiger partial charge >= 0.3 is 6.03 Å². The number of nitrogens with two attached hydrogens (primary N) is 1. The van der Waals surface area contributed by atoms with Crippen LogP contribution in [0, 0.1) is 11.2 Å². The minimum Gasteiger partial charge on any atom is -0.473 e. The molecule has 1 aromatic heterocycles. The van der Waals surface area contributed by atoms with Gasteiger partial charge in [0, 0.05) is 12.3 Å². The van der Waals surface area contributed by atoms with E-state index >= 15 is 0 Å². The zero-order chi connectivity index (χ0) is 14.5. The van der Waals surface area contributed by atoms with Crippen molar-refractivity contribution in [1.82, 2.24) is 21.5 Å². The molecule has 0 atom stereocenters. The Hall–Kier alpha value is -2.72. The van der Waals surface area contributed by atoms with Crippen LogP contribution in [0.15, 0.2) is 24.5 Å². The number of rotatable bonds is 4. The lowest BCUT2D eigenvalue weighted by molar-refractivity contribution is 0.250. The molecule has 0 unspecified atom stereocenters. The maximum Gasteiger partial charge on any atom is 0.354 e. The normalized spacial score (nSPS) is 14.7. The number of nitrogens with one attached hydrogen (secondary N) is 4. The molecule has 6 N–H and O–H groups in total. The zero-order valence-electron chi connectivity index (χ0n) is 10.2. The fourth-order valence-electron chi connectivity index (χ4n) is 1.46. The highest BCUT2D eigenvalue weighted by atomic mass is 19.1. The van der Waals surface area contributed by atoms with Crippen molar-refractivity contribution >= 4 is 17.7 Å². The molecule has 2 amide bonds. The van der Waals surface area contributed by atoms with Crippen LogP contribution in [0.5, 0.6) is 0 Å². The van der Waals surface area contributed by atoms with Crippen molar-refractivity contribution < 1.29 is 13.9 Å². The van der Waals surface area contributed by atoms with E-state index in [1.807, 2.05) is 0 Å². The van der Waals surface area contributed by atoms with Crippen molar-refractivity contribution in [2.24, 2.45) is 5.73 Å². The Balaban J connectivity index is 2.22. The summed E-state index contributed by atoms with van der Waals surface area (Å²) < 4.78 is 18.8. The highest BCUT2D eigenvalue weighted by Crippen LogP contribution is 2.21. The molecule has 0 saturated carbocycles. The van der Waals surface area contributed by atoms with E-state index in [4.69, 9.17) is 15.9 Å². The van der Waals surface area contributed by atoms with Crippen molar-refractivity contribution in [3.8, 4) is 0 Å². The Morgan fingerprint density at radius 3 is 3.10 bits per heavy atom. The van der Waals surface area contributed by atoms with Gasteiger partial charge in [0.15, 0.2) is 5.82 Å². The van der Waals surface area contributed by atoms with Crippen molar-refractivity contribution in [1.29, 1.82) is 5.41 Å². The smallest absolute Gasteiger partial charge is 0.354 e. The molecule has 0 radical (unpaired) electrons. The maximum atomic E-state index is 13.8. The number of ether oxygens (including phenoxy) is 1. The summed E-state index contributed by atoms with van der Waals surface area (Å²) >= 11 is 0. The first-order chi connectivity index (χ1) is 9.63. The van der Waals surface area contributed by atoms with Gasteiger partial charge in [-0.3, -0.25) is 10.8 Å². The number of aromatic nitrogens is 1. The topological polar surface area (TPSA) is 128 Å². The van der Waals surface area contributed by atoms with Gasteiger partial charge in [-0.05, 0) is 12.3 Å². The molecule has 0 aromatic carbocycles. The summed E-state index contributed by atoms with van der Waals surface area (Å²) in [5.74, 6) is -0.822. The van der Waals surface area contributed by atoms with Gasteiger partial charge in [-0.1, -0.05) is 0 Å². The predicted octanol–water partition coefficient (Wildman–Crippen LogP) is -0.359. The monoisotopic (exact) mass is 281 g/mol. The van der Waals surface area contributed by atoms with Crippen LogP contribution in [0.3, 0.4) is 0 Å². The summed E-state index contributed by atoms with van der Waals surface area (Å²) in [7, 11) is 0. The van der Waals surface area contributed by atoms with Crippen molar-refractivity contribution in [3.05, 3.63) is 35.9 Å². The number of halogens is 1.